The van der Waals surface area contributed by atoms with Crippen molar-refractivity contribution in [3.05, 3.63) is 0 Å². The van der Waals surface area contributed by atoms with Crippen LogP contribution in [-0.2, 0) is 14.2 Å². The summed E-state index contributed by atoms with van der Waals surface area (Å²) in [5, 5.41) is 0. The van der Waals surface area contributed by atoms with Crippen LogP contribution in [0.25, 0.3) is 0 Å². The van der Waals surface area contributed by atoms with Crippen molar-refractivity contribution in [3.63, 3.8) is 0 Å². The number of rotatable bonds is 3. The zero-order valence-corrected chi connectivity index (χ0v) is 7.87. The molecule has 4 heteroatoms. The molecule has 72 valence electrons. The third-order valence-corrected chi connectivity index (χ3v) is 2.50. The minimum Gasteiger partial charge on any atom is -0.371 e. The summed E-state index contributed by atoms with van der Waals surface area (Å²) in [7, 11) is 3.18. The zero-order chi connectivity index (χ0) is 9.19. The normalized spacial score (nSPS) is 34.0. The van der Waals surface area contributed by atoms with E-state index in [0.29, 0.717) is 6.61 Å². The fourth-order valence-electron chi connectivity index (χ4n) is 1.55. The molecule has 1 aliphatic rings. The molecule has 0 radical (unpaired) electrons. The smallest absolute Gasteiger partial charge is 0.209 e. The van der Waals surface area contributed by atoms with Gasteiger partial charge in [-0.05, 0) is 6.42 Å². The fraction of sp³-hybridized carbons (Fsp3) is 1.00. The summed E-state index contributed by atoms with van der Waals surface area (Å²) in [5.74, 6) is -0.735. The molecule has 0 aromatic rings. The maximum Gasteiger partial charge on any atom is 0.209 e. The molecular weight excluding hydrogens is 158 g/mol. The first-order chi connectivity index (χ1) is 5.70. The van der Waals surface area contributed by atoms with Gasteiger partial charge in [-0.25, -0.2) is 0 Å². The van der Waals surface area contributed by atoms with Gasteiger partial charge in [0, 0.05) is 14.2 Å². The Hall–Kier alpha value is -0.160. The first-order valence-corrected chi connectivity index (χ1v) is 4.17. The summed E-state index contributed by atoms with van der Waals surface area (Å²) in [6, 6.07) is -0.197. The molecule has 2 unspecified atom stereocenters. The summed E-state index contributed by atoms with van der Waals surface area (Å²) >= 11 is 0. The quantitative estimate of drug-likeness (QED) is 0.619. The minimum atomic E-state index is -0.735. The molecule has 1 aliphatic heterocycles. The van der Waals surface area contributed by atoms with Crippen LogP contribution in [0.1, 0.15) is 13.3 Å². The summed E-state index contributed by atoms with van der Waals surface area (Å²) < 4.78 is 15.9. The molecule has 0 spiro atoms. The lowest BCUT2D eigenvalue weighted by molar-refractivity contribution is -0.209. The van der Waals surface area contributed by atoms with Gasteiger partial charge in [-0.2, -0.15) is 0 Å². The maximum atomic E-state index is 5.91. The van der Waals surface area contributed by atoms with Crippen molar-refractivity contribution in [2.24, 2.45) is 5.73 Å². The molecule has 0 saturated carbocycles. The van der Waals surface area contributed by atoms with Crippen LogP contribution in [-0.4, -0.2) is 38.8 Å². The maximum absolute atomic E-state index is 5.91. The molecule has 0 aromatic carbocycles. The van der Waals surface area contributed by atoms with Crippen LogP contribution in [0.3, 0.4) is 0 Å². The molecule has 0 aromatic heterocycles. The van der Waals surface area contributed by atoms with E-state index in [1.807, 2.05) is 6.92 Å². The average Bonchev–Trinajstić information content (AvgIpc) is 2.43. The Morgan fingerprint density at radius 3 is 2.33 bits per heavy atom. The predicted octanol–water partition coefficient (Wildman–Crippen LogP) is 0.112. The van der Waals surface area contributed by atoms with Crippen LogP contribution in [0, 0.1) is 0 Å². The Balaban J connectivity index is 2.68. The van der Waals surface area contributed by atoms with Gasteiger partial charge in [-0.1, -0.05) is 6.92 Å². The second-order valence-corrected chi connectivity index (χ2v) is 3.00. The van der Waals surface area contributed by atoms with Gasteiger partial charge in [0.2, 0.25) is 5.79 Å². The molecule has 1 heterocycles. The second kappa shape index (κ2) is 3.70. The molecule has 1 saturated heterocycles. The number of nitrogens with two attached hydrogens (primary N) is 1. The number of ether oxygens (including phenoxy) is 3. The lowest BCUT2D eigenvalue weighted by atomic mass is 10.0. The first kappa shape index (κ1) is 9.92. The molecule has 0 bridgehead atoms. The van der Waals surface area contributed by atoms with E-state index in [4.69, 9.17) is 19.9 Å². The summed E-state index contributed by atoms with van der Waals surface area (Å²) in [6.07, 6.45) is 0.931. The number of hydrogen-bond donors (Lipinski definition) is 1. The third kappa shape index (κ3) is 1.35. The highest BCUT2D eigenvalue weighted by atomic mass is 16.7. The topological polar surface area (TPSA) is 53.7 Å². The van der Waals surface area contributed by atoms with Crippen molar-refractivity contribution in [3.8, 4) is 0 Å². The van der Waals surface area contributed by atoms with Crippen LogP contribution in [0.2, 0.25) is 0 Å². The van der Waals surface area contributed by atoms with Crippen LogP contribution >= 0.6 is 0 Å². The van der Waals surface area contributed by atoms with E-state index in [1.54, 1.807) is 14.2 Å². The molecule has 1 rings (SSSR count). The predicted molar refractivity (Wildman–Crippen MR) is 44.8 cm³/mol. The highest BCUT2D eigenvalue weighted by Gasteiger charge is 2.48. The molecule has 12 heavy (non-hydrogen) atoms. The van der Waals surface area contributed by atoms with Gasteiger partial charge in [-0.3, -0.25) is 0 Å². The van der Waals surface area contributed by atoms with Crippen LogP contribution in [0.4, 0.5) is 0 Å². The largest absolute Gasteiger partial charge is 0.371 e. The van der Waals surface area contributed by atoms with Crippen molar-refractivity contribution in [1.82, 2.24) is 0 Å². The van der Waals surface area contributed by atoms with Crippen molar-refractivity contribution < 1.29 is 14.2 Å². The fourth-order valence-corrected chi connectivity index (χ4v) is 1.55. The highest BCUT2D eigenvalue weighted by molar-refractivity contribution is 4.94. The summed E-state index contributed by atoms with van der Waals surface area (Å²) in [5.41, 5.74) is 5.91. The van der Waals surface area contributed by atoms with Gasteiger partial charge >= 0.3 is 0 Å². The summed E-state index contributed by atoms with van der Waals surface area (Å²) in [4.78, 5) is 0. The summed E-state index contributed by atoms with van der Waals surface area (Å²) in [6.45, 7) is 2.45. The molecule has 4 nitrogen and oxygen atoms in total. The van der Waals surface area contributed by atoms with E-state index in [9.17, 15) is 0 Å². The Morgan fingerprint density at radius 2 is 2.08 bits per heavy atom. The van der Waals surface area contributed by atoms with Gasteiger partial charge in [-0.15, -0.1) is 0 Å². The SMILES string of the molecule is CCC1OCC(OC)(OC)C1N. The van der Waals surface area contributed by atoms with E-state index in [2.05, 4.69) is 0 Å². The molecule has 1 fully saturated rings. The van der Waals surface area contributed by atoms with Crippen LogP contribution in [0.5, 0.6) is 0 Å². The van der Waals surface area contributed by atoms with Crippen LogP contribution in [0.15, 0.2) is 0 Å². The van der Waals surface area contributed by atoms with Gasteiger partial charge in [0.15, 0.2) is 0 Å². The second-order valence-electron chi connectivity index (χ2n) is 3.00. The standard InChI is InChI=1S/C8H17NO3/c1-4-6-7(9)8(10-2,11-3)5-12-6/h6-7H,4-5,9H2,1-3H3. The average molecular weight is 175 g/mol. The molecule has 0 aliphatic carbocycles. The first-order valence-electron chi connectivity index (χ1n) is 4.17. The van der Waals surface area contributed by atoms with E-state index in [-0.39, 0.29) is 12.1 Å². The van der Waals surface area contributed by atoms with Crippen molar-refractivity contribution in [1.29, 1.82) is 0 Å². The number of hydrogen-bond acceptors (Lipinski definition) is 4. The molecule has 2 atom stereocenters. The lowest BCUT2D eigenvalue weighted by Gasteiger charge is -2.29. The third-order valence-electron chi connectivity index (χ3n) is 2.50. The lowest BCUT2D eigenvalue weighted by Crippen LogP contribution is -2.52. The van der Waals surface area contributed by atoms with Crippen molar-refractivity contribution in [2.75, 3.05) is 20.8 Å². The van der Waals surface area contributed by atoms with E-state index < -0.39 is 5.79 Å². The molecule has 0 amide bonds. The van der Waals surface area contributed by atoms with Gasteiger partial charge in [0.1, 0.15) is 6.61 Å². The van der Waals surface area contributed by atoms with Crippen LogP contribution < -0.4 is 5.73 Å². The Morgan fingerprint density at radius 1 is 1.50 bits per heavy atom. The van der Waals surface area contributed by atoms with E-state index >= 15 is 0 Å². The molecule has 2 N–H and O–H groups in total. The van der Waals surface area contributed by atoms with Gasteiger partial charge in [0.25, 0.3) is 0 Å². The molecular formula is C8H17NO3. The monoisotopic (exact) mass is 175 g/mol. The van der Waals surface area contributed by atoms with Gasteiger partial charge in [0.05, 0.1) is 12.1 Å². The van der Waals surface area contributed by atoms with Crippen molar-refractivity contribution in [2.45, 2.75) is 31.3 Å². The zero-order valence-electron chi connectivity index (χ0n) is 7.87. The Bertz CT molecular complexity index is 147. The Kier molecular flexibility index (Phi) is 3.06. The van der Waals surface area contributed by atoms with E-state index in [0.717, 1.165) is 6.42 Å². The Labute approximate surface area is 73.0 Å². The number of methoxy groups -OCH3 is 2. The minimum absolute atomic E-state index is 0.0462. The highest BCUT2D eigenvalue weighted by Crippen LogP contribution is 2.28. The van der Waals surface area contributed by atoms with E-state index in [1.165, 1.54) is 0 Å². The van der Waals surface area contributed by atoms with Gasteiger partial charge < -0.3 is 19.9 Å². The van der Waals surface area contributed by atoms with Crippen molar-refractivity contribution >= 4 is 0 Å².